The molecule has 0 fully saturated rings. The monoisotopic (exact) mass is 179 g/mol. The molecule has 0 radical (unpaired) electrons. The summed E-state index contributed by atoms with van der Waals surface area (Å²) in [5.41, 5.74) is 5.34. The molecule has 13 heavy (non-hydrogen) atoms. The minimum absolute atomic E-state index is 0.167. The smallest absolute Gasteiger partial charge is 0.268 e. The van der Waals surface area contributed by atoms with Crippen molar-refractivity contribution in [1.82, 2.24) is 4.98 Å². The van der Waals surface area contributed by atoms with Crippen molar-refractivity contribution in [3.8, 4) is 5.75 Å². The third-order valence-corrected chi connectivity index (χ3v) is 1.79. The Kier molecular flexibility index (Phi) is 1.86. The van der Waals surface area contributed by atoms with Crippen LogP contribution in [0.15, 0.2) is 18.3 Å². The van der Waals surface area contributed by atoms with E-state index < -0.39 is 6.10 Å². The van der Waals surface area contributed by atoms with E-state index in [-0.39, 0.29) is 12.5 Å². The first-order valence-electron chi connectivity index (χ1n) is 3.94. The van der Waals surface area contributed by atoms with E-state index in [2.05, 4.69) is 10.3 Å². The molecule has 1 atom stereocenters. The van der Waals surface area contributed by atoms with E-state index in [0.717, 1.165) is 0 Å². The second kappa shape index (κ2) is 3.02. The highest BCUT2D eigenvalue weighted by Gasteiger charge is 2.26. The van der Waals surface area contributed by atoms with Crippen molar-refractivity contribution >= 4 is 11.7 Å². The van der Waals surface area contributed by atoms with Gasteiger partial charge in [0.05, 0.1) is 0 Å². The van der Waals surface area contributed by atoms with Crippen LogP contribution in [0.2, 0.25) is 0 Å². The van der Waals surface area contributed by atoms with Crippen molar-refractivity contribution in [2.45, 2.75) is 6.10 Å². The lowest BCUT2D eigenvalue weighted by molar-refractivity contribution is -0.123. The number of rotatable bonds is 1. The van der Waals surface area contributed by atoms with Gasteiger partial charge in [0.2, 0.25) is 0 Å². The van der Waals surface area contributed by atoms with Crippen LogP contribution in [0.3, 0.4) is 0 Å². The second-order valence-corrected chi connectivity index (χ2v) is 2.68. The summed E-state index contributed by atoms with van der Waals surface area (Å²) in [5.74, 6) is 0.781. The largest absolute Gasteiger partial charge is 0.475 e. The van der Waals surface area contributed by atoms with Crippen LogP contribution in [0.4, 0.5) is 5.82 Å². The first-order valence-corrected chi connectivity index (χ1v) is 3.94. The van der Waals surface area contributed by atoms with Crippen molar-refractivity contribution in [3.63, 3.8) is 0 Å². The molecule has 1 amide bonds. The van der Waals surface area contributed by atoms with Gasteiger partial charge in [-0.2, -0.15) is 0 Å². The SMILES string of the molecule is NCC1Oc2cccnc2NC1=O. The number of hydrogen-bond donors (Lipinski definition) is 2. The molecule has 5 heteroatoms. The van der Waals surface area contributed by atoms with Crippen LogP contribution < -0.4 is 15.8 Å². The molecule has 0 aliphatic carbocycles. The van der Waals surface area contributed by atoms with Gasteiger partial charge in [0, 0.05) is 12.7 Å². The quantitative estimate of drug-likeness (QED) is 0.622. The molecule has 5 nitrogen and oxygen atoms in total. The molecule has 1 aliphatic rings. The van der Waals surface area contributed by atoms with E-state index in [1.54, 1.807) is 18.3 Å². The maximum atomic E-state index is 11.2. The number of nitrogens with one attached hydrogen (secondary N) is 1. The third-order valence-electron chi connectivity index (χ3n) is 1.79. The molecule has 68 valence electrons. The summed E-state index contributed by atoms with van der Waals surface area (Å²) in [7, 11) is 0. The molecule has 0 saturated heterocycles. The molecule has 0 aromatic carbocycles. The van der Waals surface area contributed by atoms with Crippen LogP contribution in [-0.2, 0) is 4.79 Å². The van der Waals surface area contributed by atoms with Crippen molar-refractivity contribution in [1.29, 1.82) is 0 Å². The number of fused-ring (bicyclic) bond motifs is 1. The fourth-order valence-electron chi connectivity index (χ4n) is 1.14. The molecular formula is C8H9N3O2. The normalized spacial score (nSPS) is 20.1. The van der Waals surface area contributed by atoms with E-state index >= 15 is 0 Å². The number of hydrogen-bond acceptors (Lipinski definition) is 4. The van der Waals surface area contributed by atoms with Gasteiger partial charge in [-0.3, -0.25) is 4.79 Å². The van der Waals surface area contributed by atoms with Crippen LogP contribution >= 0.6 is 0 Å². The van der Waals surface area contributed by atoms with E-state index in [4.69, 9.17) is 10.5 Å². The maximum absolute atomic E-state index is 11.2. The van der Waals surface area contributed by atoms with Crippen molar-refractivity contribution in [2.75, 3.05) is 11.9 Å². The van der Waals surface area contributed by atoms with E-state index in [1.807, 2.05) is 0 Å². The topological polar surface area (TPSA) is 77.2 Å². The summed E-state index contributed by atoms with van der Waals surface area (Å²) >= 11 is 0. The Bertz CT molecular complexity index is 340. The van der Waals surface area contributed by atoms with Gasteiger partial charge in [-0.15, -0.1) is 0 Å². The van der Waals surface area contributed by atoms with Gasteiger partial charge in [0.15, 0.2) is 17.7 Å². The van der Waals surface area contributed by atoms with Crippen molar-refractivity contribution < 1.29 is 9.53 Å². The average molecular weight is 179 g/mol. The number of ether oxygens (including phenoxy) is 1. The number of pyridine rings is 1. The lowest BCUT2D eigenvalue weighted by Crippen LogP contribution is -2.42. The lowest BCUT2D eigenvalue weighted by Gasteiger charge is -2.23. The van der Waals surface area contributed by atoms with Gasteiger partial charge in [0.1, 0.15) is 0 Å². The minimum Gasteiger partial charge on any atom is -0.475 e. The van der Waals surface area contributed by atoms with Crippen molar-refractivity contribution in [2.24, 2.45) is 5.73 Å². The zero-order chi connectivity index (χ0) is 9.26. The number of amides is 1. The molecule has 0 spiro atoms. The molecule has 1 aliphatic heterocycles. The van der Waals surface area contributed by atoms with Crippen LogP contribution in [0, 0.1) is 0 Å². The summed E-state index contributed by atoms with van der Waals surface area (Å²) in [4.78, 5) is 15.2. The fraction of sp³-hybridized carbons (Fsp3) is 0.250. The highest BCUT2D eigenvalue weighted by molar-refractivity contribution is 5.96. The summed E-state index contributed by atoms with van der Waals surface area (Å²) in [6.45, 7) is 0.167. The molecule has 0 bridgehead atoms. The third kappa shape index (κ3) is 1.33. The van der Waals surface area contributed by atoms with Gasteiger partial charge in [-0.05, 0) is 12.1 Å². The predicted molar refractivity (Wildman–Crippen MR) is 46.3 cm³/mol. The van der Waals surface area contributed by atoms with E-state index in [9.17, 15) is 4.79 Å². The van der Waals surface area contributed by atoms with Crippen LogP contribution in [0.25, 0.3) is 0 Å². The first-order chi connectivity index (χ1) is 6.31. The molecule has 0 saturated carbocycles. The van der Waals surface area contributed by atoms with Crippen molar-refractivity contribution in [3.05, 3.63) is 18.3 Å². The zero-order valence-corrected chi connectivity index (χ0v) is 6.86. The number of nitrogens with two attached hydrogens (primary N) is 1. The molecule has 2 rings (SSSR count). The molecule has 1 aromatic rings. The number of carbonyl (C=O) groups is 1. The average Bonchev–Trinajstić information content (AvgIpc) is 2.17. The number of nitrogens with zero attached hydrogens (tertiary/aromatic N) is 1. The van der Waals surface area contributed by atoms with Crippen LogP contribution in [-0.4, -0.2) is 23.5 Å². The van der Waals surface area contributed by atoms with E-state index in [0.29, 0.717) is 11.6 Å². The van der Waals surface area contributed by atoms with Gasteiger partial charge < -0.3 is 15.8 Å². The standard InChI is InChI=1S/C8H9N3O2/c9-4-6-8(12)11-7-5(13-6)2-1-3-10-7/h1-3,6H,4,9H2,(H,10,11,12). The first kappa shape index (κ1) is 8.00. The Morgan fingerprint density at radius 2 is 2.54 bits per heavy atom. The summed E-state index contributed by atoms with van der Waals surface area (Å²) in [5, 5.41) is 2.61. The number of anilines is 1. The van der Waals surface area contributed by atoms with Gasteiger partial charge >= 0.3 is 0 Å². The fourth-order valence-corrected chi connectivity index (χ4v) is 1.14. The Morgan fingerprint density at radius 1 is 1.69 bits per heavy atom. The van der Waals surface area contributed by atoms with Crippen LogP contribution in [0.5, 0.6) is 5.75 Å². The Morgan fingerprint density at radius 3 is 3.31 bits per heavy atom. The Hall–Kier alpha value is -1.62. The minimum atomic E-state index is -0.600. The highest BCUT2D eigenvalue weighted by Crippen LogP contribution is 2.25. The molecule has 2 heterocycles. The van der Waals surface area contributed by atoms with Gasteiger partial charge in [-0.25, -0.2) is 4.98 Å². The second-order valence-electron chi connectivity index (χ2n) is 2.68. The zero-order valence-electron chi connectivity index (χ0n) is 6.86. The number of carbonyl (C=O) groups excluding carboxylic acids is 1. The Labute approximate surface area is 74.9 Å². The summed E-state index contributed by atoms with van der Waals surface area (Å²) in [6.07, 6.45) is 0.988. The van der Waals surface area contributed by atoms with Gasteiger partial charge in [0.25, 0.3) is 5.91 Å². The molecule has 1 aromatic heterocycles. The highest BCUT2D eigenvalue weighted by atomic mass is 16.5. The Balaban J connectivity index is 2.33. The molecule has 3 N–H and O–H groups in total. The molecule has 1 unspecified atom stereocenters. The maximum Gasteiger partial charge on any atom is 0.268 e. The summed E-state index contributed by atoms with van der Waals surface area (Å²) < 4.78 is 5.29. The van der Waals surface area contributed by atoms with E-state index in [1.165, 1.54) is 0 Å². The van der Waals surface area contributed by atoms with Gasteiger partial charge in [-0.1, -0.05) is 0 Å². The lowest BCUT2D eigenvalue weighted by atomic mass is 10.2. The van der Waals surface area contributed by atoms with Crippen LogP contribution in [0.1, 0.15) is 0 Å². The predicted octanol–water partition coefficient (Wildman–Crippen LogP) is -0.260. The summed E-state index contributed by atoms with van der Waals surface area (Å²) in [6, 6.07) is 3.48. The molecular weight excluding hydrogens is 170 g/mol. The number of aromatic nitrogens is 1.